The first kappa shape index (κ1) is 8.08. The quantitative estimate of drug-likeness (QED) is 0.716. The Morgan fingerprint density at radius 1 is 1.31 bits per heavy atom. The van der Waals surface area contributed by atoms with Crippen LogP contribution in [0.2, 0.25) is 0 Å². The largest absolute Gasteiger partial charge is 0.361 e. The monoisotopic (exact) mass is 172 g/mol. The Balaban J connectivity index is 2.42. The molecule has 0 atom stereocenters. The number of fused-ring (bicyclic) bond motifs is 1. The van der Waals surface area contributed by atoms with E-state index in [2.05, 4.69) is 29.2 Å². The molecule has 2 aromatic rings. The third-order valence-corrected chi connectivity index (χ3v) is 2.03. The van der Waals surface area contributed by atoms with Crippen molar-refractivity contribution in [3.63, 3.8) is 0 Å². The van der Waals surface area contributed by atoms with E-state index in [4.69, 9.17) is 5.73 Å². The molecule has 0 spiro atoms. The summed E-state index contributed by atoms with van der Waals surface area (Å²) in [5.74, 6) is 0. The summed E-state index contributed by atoms with van der Waals surface area (Å²) in [7, 11) is 0. The molecular weight excluding hydrogens is 160 g/mol. The third kappa shape index (κ3) is 1.63. The molecule has 2 rings (SSSR count). The summed E-state index contributed by atoms with van der Waals surface area (Å²) in [6.45, 7) is 0.586. The number of nitrogens with two attached hydrogens (primary N) is 1. The van der Waals surface area contributed by atoms with Crippen molar-refractivity contribution < 1.29 is 0 Å². The number of H-pyrrole nitrogens is 1. The number of hydrogen-bond donors (Lipinski definition) is 2. The number of hydrogen-bond acceptors (Lipinski definition) is 1. The summed E-state index contributed by atoms with van der Waals surface area (Å²) < 4.78 is 0. The minimum Gasteiger partial charge on any atom is -0.361 e. The van der Waals surface area contributed by atoms with Crippen molar-refractivity contribution in [2.75, 3.05) is 6.54 Å². The Kier molecular flexibility index (Phi) is 2.15. The summed E-state index contributed by atoms with van der Waals surface area (Å²) in [4.78, 5) is 3.17. The fourth-order valence-corrected chi connectivity index (χ4v) is 1.37. The topological polar surface area (TPSA) is 41.8 Å². The first-order chi connectivity index (χ1) is 6.40. The van der Waals surface area contributed by atoms with Crippen LogP contribution in [0.15, 0.2) is 36.5 Å². The van der Waals surface area contributed by atoms with Gasteiger partial charge >= 0.3 is 0 Å². The Hall–Kier alpha value is -1.54. The second kappa shape index (κ2) is 3.46. The highest BCUT2D eigenvalue weighted by molar-refractivity contribution is 5.81. The van der Waals surface area contributed by atoms with E-state index in [1.54, 1.807) is 0 Å². The van der Waals surface area contributed by atoms with Crippen molar-refractivity contribution in [2.45, 2.75) is 0 Å². The zero-order chi connectivity index (χ0) is 9.10. The third-order valence-electron chi connectivity index (χ3n) is 2.03. The van der Waals surface area contributed by atoms with Gasteiger partial charge < -0.3 is 10.7 Å². The molecule has 0 aliphatic heterocycles. The van der Waals surface area contributed by atoms with Crippen molar-refractivity contribution in [1.29, 1.82) is 0 Å². The van der Waals surface area contributed by atoms with Crippen LogP contribution in [-0.2, 0) is 0 Å². The van der Waals surface area contributed by atoms with Crippen LogP contribution < -0.4 is 5.73 Å². The van der Waals surface area contributed by atoms with E-state index >= 15 is 0 Å². The molecule has 1 aromatic carbocycles. The Morgan fingerprint density at radius 3 is 3.08 bits per heavy atom. The zero-order valence-electron chi connectivity index (χ0n) is 7.33. The van der Waals surface area contributed by atoms with Crippen LogP contribution in [0.3, 0.4) is 0 Å². The molecule has 0 amide bonds. The molecule has 66 valence electrons. The fourth-order valence-electron chi connectivity index (χ4n) is 1.37. The Morgan fingerprint density at radius 2 is 2.23 bits per heavy atom. The van der Waals surface area contributed by atoms with E-state index in [0.717, 1.165) is 0 Å². The van der Waals surface area contributed by atoms with Crippen LogP contribution in [0, 0.1) is 0 Å². The first-order valence-corrected chi connectivity index (χ1v) is 4.34. The molecule has 0 saturated heterocycles. The average Bonchev–Trinajstić information content (AvgIpc) is 2.61. The van der Waals surface area contributed by atoms with E-state index in [1.165, 1.54) is 16.5 Å². The van der Waals surface area contributed by atoms with E-state index in [0.29, 0.717) is 6.54 Å². The second-order valence-electron chi connectivity index (χ2n) is 2.96. The zero-order valence-corrected chi connectivity index (χ0v) is 7.33. The molecule has 0 aliphatic rings. The lowest BCUT2D eigenvalue weighted by Gasteiger charge is -1.93. The first-order valence-electron chi connectivity index (χ1n) is 4.34. The summed E-state index contributed by atoms with van der Waals surface area (Å²) in [5, 5.41) is 1.24. The van der Waals surface area contributed by atoms with Gasteiger partial charge in [0.15, 0.2) is 0 Å². The van der Waals surface area contributed by atoms with Gasteiger partial charge in [-0.15, -0.1) is 0 Å². The summed E-state index contributed by atoms with van der Waals surface area (Å²) in [6.07, 6.45) is 5.92. The minimum atomic E-state index is 0.586. The number of aromatic nitrogens is 1. The van der Waals surface area contributed by atoms with Crippen LogP contribution in [0.1, 0.15) is 5.56 Å². The van der Waals surface area contributed by atoms with Crippen molar-refractivity contribution in [3.05, 3.63) is 42.1 Å². The molecule has 2 heteroatoms. The normalized spacial score (nSPS) is 11.5. The Bertz CT molecular complexity index is 426. The lowest BCUT2D eigenvalue weighted by Crippen LogP contribution is -1.91. The van der Waals surface area contributed by atoms with E-state index in [-0.39, 0.29) is 0 Å². The maximum atomic E-state index is 5.37. The predicted octanol–water partition coefficient (Wildman–Crippen LogP) is 2.14. The highest BCUT2D eigenvalue weighted by Gasteiger charge is 1.93. The molecule has 0 unspecified atom stereocenters. The molecule has 1 aromatic heterocycles. The Labute approximate surface area is 77.1 Å². The van der Waals surface area contributed by atoms with Gasteiger partial charge in [-0.25, -0.2) is 0 Å². The van der Waals surface area contributed by atoms with Crippen molar-refractivity contribution >= 4 is 17.0 Å². The van der Waals surface area contributed by atoms with Crippen molar-refractivity contribution in [1.82, 2.24) is 4.98 Å². The van der Waals surface area contributed by atoms with Gasteiger partial charge in [0.05, 0.1) is 0 Å². The smallest absolute Gasteiger partial charge is 0.0459 e. The molecule has 2 nitrogen and oxygen atoms in total. The summed E-state index contributed by atoms with van der Waals surface area (Å²) >= 11 is 0. The second-order valence-corrected chi connectivity index (χ2v) is 2.96. The molecule has 0 radical (unpaired) electrons. The van der Waals surface area contributed by atoms with Gasteiger partial charge in [-0.3, -0.25) is 0 Å². The lowest BCUT2D eigenvalue weighted by atomic mass is 10.1. The minimum absolute atomic E-state index is 0.586. The van der Waals surface area contributed by atoms with Gasteiger partial charge in [0.2, 0.25) is 0 Å². The molecule has 0 saturated carbocycles. The van der Waals surface area contributed by atoms with E-state index in [1.807, 2.05) is 18.3 Å². The number of nitrogens with one attached hydrogen (secondary N) is 1. The van der Waals surface area contributed by atoms with Gasteiger partial charge in [0.25, 0.3) is 0 Å². The molecule has 0 bridgehead atoms. The summed E-state index contributed by atoms with van der Waals surface area (Å²) in [5.41, 5.74) is 7.72. The average molecular weight is 172 g/mol. The van der Waals surface area contributed by atoms with Crippen molar-refractivity contribution in [3.8, 4) is 0 Å². The van der Waals surface area contributed by atoms with Gasteiger partial charge in [0, 0.05) is 18.3 Å². The molecule has 0 fully saturated rings. The number of benzene rings is 1. The molecule has 0 aliphatic carbocycles. The lowest BCUT2D eigenvalue weighted by molar-refractivity contribution is 1.26. The maximum Gasteiger partial charge on any atom is 0.0459 e. The van der Waals surface area contributed by atoms with Crippen molar-refractivity contribution in [2.24, 2.45) is 5.73 Å². The molecular formula is C11H12N2. The molecule has 13 heavy (non-hydrogen) atoms. The van der Waals surface area contributed by atoms with E-state index in [9.17, 15) is 0 Å². The standard InChI is InChI=1S/C11H12N2/c12-6-1-2-9-3-4-10-5-7-13-11(10)8-9/h1-5,7-8,13H,6,12H2/b2-1+. The van der Waals surface area contributed by atoms with Crippen LogP contribution in [0.25, 0.3) is 17.0 Å². The molecule has 3 N–H and O–H groups in total. The van der Waals surface area contributed by atoms with Gasteiger partial charge in [0.1, 0.15) is 0 Å². The van der Waals surface area contributed by atoms with Crippen LogP contribution in [0.5, 0.6) is 0 Å². The highest BCUT2D eigenvalue weighted by Crippen LogP contribution is 2.14. The van der Waals surface area contributed by atoms with E-state index < -0.39 is 0 Å². The van der Waals surface area contributed by atoms with Gasteiger partial charge in [-0.05, 0) is 23.1 Å². The van der Waals surface area contributed by atoms with Crippen LogP contribution in [-0.4, -0.2) is 11.5 Å². The number of aromatic amines is 1. The fraction of sp³-hybridized carbons (Fsp3) is 0.0909. The van der Waals surface area contributed by atoms with Crippen LogP contribution in [0.4, 0.5) is 0 Å². The SMILES string of the molecule is NC/C=C/c1ccc2cc[nH]c2c1. The predicted molar refractivity (Wildman–Crippen MR) is 56.4 cm³/mol. The number of rotatable bonds is 2. The maximum absolute atomic E-state index is 5.37. The van der Waals surface area contributed by atoms with Crippen LogP contribution >= 0.6 is 0 Å². The summed E-state index contributed by atoms with van der Waals surface area (Å²) in [6, 6.07) is 8.36. The highest BCUT2D eigenvalue weighted by atomic mass is 14.7. The van der Waals surface area contributed by atoms with Gasteiger partial charge in [-0.1, -0.05) is 24.3 Å². The molecule has 1 heterocycles. The van der Waals surface area contributed by atoms with Gasteiger partial charge in [-0.2, -0.15) is 0 Å².